The van der Waals surface area contributed by atoms with Gasteiger partial charge in [-0.25, -0.2) is 0 Å². The summed E-state index contributed by atoms with van der Waals surface area (Å²) in [4.78, 5) is 2.52. The summed E-state index contributed by atoms with van der Waals surface area (Å²) in [6, 6.07) is 50.7. The molecule has 0 atom stereocenters. The zero-order valence-electron chi connectivity index (χ0n) is 20.6. The summed E-state index contributed by atoms with van der Waals surface area (Å²) in [6.45, 7) is 0. The average molecular weight is 502 g/mol. The maximum Gasteiger partial charge on any atom is 0.0719 e. The molecular formula is C36H23NS. The molecule has 38 heavy (non-hydrogen) atoms. The molecule has 1 aromatic heterocycles. The summed E-state index contributed by atoms with van der Waals surface area (Å²) in [5.41, 5.74) is 3.62. The highest BCUT2D eigenvalue weighted by molar-refractivity contribution is 7.26. The standard InChI is InChI=1S/C36H23NS/c1-4-16-27-24(11-1)14-9-20-32(27)37(33-21-10-15-25-12-2-5-17-28(25)33)35-29-18-6-3-13-26(29)23-31-30-19-7-8-22-34(30)38-36(31)35/h1-23H. The van der Waals surface area contributed by atoms with Crippen LogP contribution in [0.4, 0.5) is 17.1 Å². The third-order valence-corrected chi connectivity index (χ3v) is 8.80. The van der Waals surface area contributed by atoms with Crippen molar-refractivity contribution in [2.45, 2.75) is 0 Å². The first-order chi connectivity index (χ1) is 18.9. The van der Waals surface area contributed by atoms with Crippen LogP contribution in [0.1, 0.15) is 0 Å². The minimum atomic E-state index is 1.19. The fourth-order valence-corrected chi connectivity index (χ4v) is 7.13. The number of nitrogens with zero attached hydrogens (tertiary/aromatic N) is 1. The Kier molecular flexibility index (Phi) is 4.76. The fraction of sp³-hybridized carbons (Fsp3) is 0. The second-order valence-electron chi connectivity index (χ2n) is 9.75. The molecule has 0 bridgehead atoms. The van der Waals surface area contributed by atoms with Crippen LogP contribution in [0.25, 0.3) is 52.5 Å². The van der Waals surface area contributed by atoms with Gasteiger partial charge in [0.25, 0.3) is 0 Å². The normalized spacial score (nSPS) is 11.7. The molecule has 0 aliphatic heterocycles. The molecule has 0 radical (unpaired) electrons. The molecule has 8 aromatic rings. The monoisotopic (exact) mass is 501 g/mol. The Hall–Kier alpha value is -4.66. The van der Waals surface area contributed by atoms with Gasteiger partial charge in [-0.05, 0) is 40.4 Å². The van der Waals surface area contributed by atoms with Gasteiger partial charge in [0.15, 0.2) is 0 Å². The Morgan fingerprint density at radius 3 is 1.55 bits per heavy atom. The second kappa shape index (κ2) is 8.44. The number of benzene rings is 7. The topological polar surface area (TPSA) is 3.24 Å². The molecule has 2 heteroatoms. The van der Waals surface area contributed by atoms with Crippen LogP contribution in [0.5, 0.6) is 0 Å². The molecule has 0 saturated carbocycles. The van der Waals surface area contributed by atoms with Crippen LogP contribution in [0.3, 0.4) is 0 Å². The Morgan fingerprint density at radius 1 is 0.395 bits per heavy atom. The highest BCUT2D eigenvalue weighted by atomic mass is 32.1. The molecule has 8 rings (SSSR count). The SMILES string of the molecule is c1ccc2c(N(c3cccc4ccccc34)c3c4ccccc4cc4c3sc3ccccc34)cccc2c1. The summed E-state index contributed by atoms with van der Waals surface area (Å²) >= 11 is 1.89. The van der Waals surface area contributed by atoms with Gasteiger partial charge in [-0.1, -0.05) is 115 Å². The van der Waals surface area contributed by atoms with Gasteiger partial charge in [-0.2, -0.15) is 0 Å². The molecule has 0 aliphatic carbocycles. The van der Waals surface area contributed by atoms with Crippen LogP contribution >= 0.6 is 11.3 Å². The predicted molar refractivity (Wildman–Crippen MR) is 167 cm³/mol. The molecule has 0 N–H and O–H groups in total. The molecule has 0 spiro atoms. The first kappa shape index (κ1) is 21.4. The van der Waals surface area contributed by atoms with E-state index in [0.717, 1.165) is 0 Å². The summed E-state index contributed by atoms with van der Waals surface area (Å²) in [5, 5.41) is 10.1. The van der Waals surface area contributed by atoms with Gasteiger partial charge in [-0.15, -0.1) is 11.3 Å². The van der Waals surface area contributed by atoms with E-state index in [2.05, 4.69) is 144 Å². The van der Waals surface area contributed by atoms with Gasteiger partial charge < -0.3 is 4.90 Å². The van der Waals surface area contributed by atoms with Crippen molar-refractivity contribution < 1.29 is 0 Å². The fourth-order valence-electron chi connectivity index (χ4n) is 5.90. The highest BCUT2D eigenvalue weighted by Crippen LogP contribution is 2.50. The number of rotatable bonds is 3. The molecule has 1 heterocycles. The van der Waals surface area contributed by atoms with E-state index in [-0.39, 0.29) is 0 Å². The highest BCUT2D eigenvalue weighted by Gasteiger charge is 2.23. The number of hydrogen-bond acceptors (Lipinski definition) is 2. The van der Waals surface area contributed by atoms with Crippen molar-refractivity contribution in [1.29, 1.82) is 0 Å². The van der Waals surface area contributed by atoms with Crippen molar-refractivity contribution in [1.82, 2.24) is 0 Å². The largest absolute Gasteiger partial charge is 0.307 e. The van der Waals surface area contributed by atoms with Crippen molar-refractivity contribution in [2.75, 3.05) is 4.90 Å². The van der Waals surface area contributed by atoms with Crippen LogP contribution in [0.15, 0.2) is 140 Å². The third kappa shape index (κ3) is 3.17. The van der Waals surface area contributed by atoms with Gasteiger partial charge in [0.1, 0.15) is 0 Å². The van der Waals surface area contributed by atoms with E-state index in [9.17, 15) is 0 Å². The van der Waals surface area contributed by atoms with Crippen LogP contribution in [-0.2, 0) is 0 Å². The summed E-state index contributed by atoms with van der Waals surface area (Å²) < 4.78 is 2.63. The third-order valence-electron chi connectivity index (χ3n) is 7.60. The van der Waals surface area contributed by atoms with E-state index >= 15 is 0 Å². The number of anilines is 3. The Morgan fingerprint density at radius 2 is 0.895 bits per heavy atom. The van der Waals surface area contributed by atoms with Gasteiger partial charge in [0.05, 0.1) is 21.8 Å². The summed E-state index contributed by atoms with van der Waals surface area (Å²) in [5.74, 6) is 0. The lowest BCUT2D eigenvalue weighted by molar-refractivity contribution is 1.35. The maximum atomic E-state index is 2.52. The van der Waals surface area contributed by atoms with E-state index in [1.165, 1.54) is 69.6 Å². The second-order valence-corrected chi connectivity index (χ2v) is 10.8. The molecule has 178 valence electrons. The van der Waals surface area contributed by atoms with Crippen LogP contribution in [0, 0.1) is 0 Å². The Bertz CT molecular complexity index is 2060. The van der Waals surface area contributed by atoms with E-state index in [1.54, 1.807) is 0 Å². The maximum absolute atomic E-state index is 2.52. The minimum Gasteiger partial charge on any atom is -0.307 e. The lowest BCUT2D eigenvalue weighted by Gasteiger charge is -2.30. The lowest BCUT2D eigenvalue weighted by Crippen LogP contribution is -2.12. The minimum absolute atomic E-state index is 1.19. The van der Waals surface area contributed by atoms with E-state index in [0.29, 0.717) is 0 Å². The smallest absolute Gasteiger partial charge is 0.0719 e. The van der Waals surface area contributed by atoms with Crippen molar-refractivity contribution in [2.24, 2.45) is 0 Å². The van der Waals surface area contributed by atoms with Crippen LogP contribution in [-0.4, -0.2) is 0 Å². The average Bonchev–Trinajstić information content (AvgIpc) is 3.35. The summed E-state index contributed by atoms with van der Waals surface area (Å²) in [6.07, 6.45) is 0. The molecule has 7 aromatic carbocycles. The van der Waals surface area contributed by atoms with E-state index < -0.39 is 0 Å². The molecular weight excluding hydrogens is 478 g/mol. The van der Waals surface area contributed by atoms with Crippen molar-refractivity contribution in [3.05, 3.63) is 140 Å². The van der Waals surface area contributed by atoms with Crippen molar-refractivity contribution >= 4 is 80.9 Å². The summed E-state index contributed by atoms with van der Waals surface area (Å²) in [7, 11) is 0. The van der Waals surface area contributed by atoms with Crippen molar-refractivity contribution in [3.8, 4) is 0 Å². The molecule has 0 saturated heterocycles. The number of fused-ring (bicyclic) bond motifs is 6. The zero-order valence-corrected chi connectivity index (χ0v) is 21.5. The Balaban J connectivity index is 1.60. The quantitative estimate of drug-likeness (QED) is 0.233. The van der Waals surface area contributed by atoms with E-state index in [4.69, 9.17) is 0 Å². The first-order valence-corrected chi connectivity index (χ1v) is 13.8. The van der Waals surface area contributed by atoms with Gasteiger partial charge in [-0.3, -0.25) is 0 Å². The number of hydrogen-bond donors (Lipinski definition) is 0. The molecule has 0 aliphatic rings. The van der Waals surface area contributed by atoms with Crippen molar-refractivity contribution in [3.63, 3.8) is 0 Å². The van der Waals surface area contributed by atoms with Crippen LogP contribution in [0.2, 0.25) is 0 Å². The molecule has 1 nitrogen and oxygen atoms in total. The van der Waals surface area contributed by atoms with Gasteiger partial charge in [0, 0.05) is 31.6 Å². The lowest BCUT2D eigenvalue weighted by atomic mass is 9.99. The zero-order chi connectivity index (χ0) is 25.1. The predicted octanol–water partition coefficient (Wildman–Crippen LogP) is 11.0. The number of thiophene rings is 1. The van der Waals surface area contributed by atoms with Crippen LogP contribution < -0.4 is 4.90 Å². The Labute approximate surface area is 224 Å². The molecule has 0 fully saturated rings. The molecule has 0 unspecified atom stereocenters. The first-order valence-electron chi connectivity index (χ1n) is 13.0. The molecule has 0 amide bonds. The van der Waals surface area contributed by atoms with E-state index in [1.807, 2.05) is 11.3 Å². The van der Waals surface area contributed by atoms with Gasteiger partial charge >= 0.3 is 0 Å². The van der Waals surface area contributed by atoms with Gasteiger partial charge in [0.2, 0.25) is 0 Å².